The Kier molecular flexibility index (Phi) is 6.93. The van der Waals surface area contributed by atoms with Crippen LogP contribution in [0, 0.1) is 21.7 Å². The highest BCUT2D eigenvalue weighted by Gasteiger charge is 2.44. The molecule has 0 saturated carbocycles. The predicted molar refractivity (Wildman–Crippen MR) is 96.0 cm³/mol. The second-order valence-electron chi connectivity index (χ2n) is 9.13. The zero-order valence-electron chi connectivity index (χ0n) is 16.3. The summed E-state index contributed by atoms with van der Waals surface area (Å²) >= 11 is 0. The van der Waals surface area contributed by atoms with Gasteiger partial charge in [-0.25, -0.2) is 0 Å². The fraction of sp³-hybridized carbons (Fsp3) is 0.850. The van der Waals surface area contributed by atoms with E-state index in [0.717, 1.165) is 19.3 Å². The highest BCUT2D eigenvalue weighted by Crippen LogP contribution is 2.50. The van der Waals surface area contributed by atoms with Crippen LogP contribution in [0.5, 0.6) is 0 Å². The van der Waals surface area contributed by atoms with E-state index in [2.05, 4.69) is 60.6 Å². The molecule has 0 aromatic carbocycles. The van der Waals surface area contributed by atoms with Gasteiger partial charge >= 0.3 is 5.97 Å². The summed E-state index contributed by atoms with van der Waals surface area (Å²) in [7, 11) is 0. The molecule has 0 bridgehead atoms. The molecule has 0 aliphatic rings. The third kappa shape index (κ3) is 5.44. The van der Waals surface area contributed by atoms with Crippen molar-refractivity contribution in [2.24, 2.45) is 21.7 Å². The molecule has 0 aromatic rings. The monoisotopic (exact) mass is 310 g/mol. The molecule has 0 saturated heterocycles. The van der Waals surface area contributed by atoms with E-state index in [1.807, 2.05) is 13.8 Å². The molecule has 2 heteroatoms. The van der Waals surface area contributed by atoms with Crippen molar-refractivity contribution in [3.63, 3.8) is 0 Å². The number of allylic oxidation sites excluding steroid dienone is 2. The molecule has 0 aliphatic heterocycles. The zero-order chi connectivity index (χ0) is 17.8. The summed E-state index contributed by atoms with van der Waals surface area (Å²) in [5, 5.41) is 9.46. The van der Waals surface area contributed by atoms with Crippen LogP contribution in [0.4, 0.5) is 0 Å². The molecule has 0 fully saturated rings. The van der Waals surface area contributed by atoms with E-state index in [-0.39, 0.29) is 10.8 Å². The largest absolute Gasteiger partial charge is 0.481 e. The average Bonchev–Trinajstić information content (AvgIpc) is 2.37. The van der Waals surface area contributed by atoms with E-state index in [9.17, 15) is 9.90 Å². The van der Waals surface area contributed by atoms with Gasteiger partial charge in [-0.3, -0.25) is 4.79 Å². The molecule has 0 amide bonds. The summed E-state index contributed by atoms with van der Waals surface area (Å²) in [5.74, 6) is -0.709. The van der Waals surface area contributed by atoms with Gasteiger partial charge in [-0.05, 0) is 49.4 Å². The number of rotatable bonds is 9. The maximum absolute atomic E-state index is 11.5. The van der Waals surface area contributed by atoms with Crippen molar-refractivity contribution < 1.29 is 9.90 Å². The van der Waals surface area contributed by atoms with Gasteiger partial charge < -0.3 is 5.11 Å². The Bertz CT molecular complexity index is 402. The summed E-state index contributed by atoms with van der Waals surface area (Å²) in [6.45, 7) is 19.4. The Labute approximate surface area is 138 Å². The van der Waals surface area contributed by atoms with Crippen molar-refractivity contribution in [3.05, 3.63) is 12.2 Å². The minimum Gasteiger partial charge on any atom is -0.481 e. The van der Waals surface area contributed by atoms with Crippen LogP contribution in [0.1, 0.15) is 88.0 Å². The molecule has 0 radical (unpaired) electrons. The van der Waals surface area contributed by atoms with E-state index in [1.54, 1.807) is 0 Å². The Morgan fingerprint density at radius 2 is 1.45 bits per heavy atom. The smallest absolute Gasteiger partial charge is 0.309 e. The second-order valence-corrected chi connectivity index (χ2v) is 9.13. The first-order valence-corrected chi connectivity index (χ1v) is 8.64. The highest BCUT2D eigenvalue weighted by molar-refractivity contribution is 5.73. The van der Waals surface area contributed by atoms with Crippen LogP contribution in [0.3, 0.4) is 0 Å². The summed E-state index contributed by atoms with van der Waals surface area (Å²) in [5.41, 5.74) is -0.436. The van der Waals surface area contributed by atoms with Crippen LogP contribution < -0.4 is 0 Å². The lowest BCUT2D eigenvalue weighted by atomic mass is 9.58. The molecule has 2 nitrogen and oxygen atoms in total. The SMILES string of the molecule is CCC(C)(C)CC=CC(C)(C)C(C)(CC)CC(C)(C)C(=O)O. The van der Waals surface area contributed by atoms with Crippen molar-refractivity contribution >= 4 is 5.97 Å². The molecule has 0 rings (SSSR count). The van der Waals surface area contributed by atoms with Crippen molar-refractivity contribution in [3.8, 4) is 0 Å². The van der Waals surface area contributed by atoms with E-state index in [1.165, 1.54) is 0 Å². The Hall–Kier alpha value is -0.790. The van der Waals surface area contributed by atoms with Crippen LogP contribution in [0.25, 0.3) is 0 Å². The fourth-order valence-corrected chi connectivity index (χ4v) is 2.88. The van der Waals surface area contributed by atoms with Gasteiger partial charge in [0.2, 0.25) is 0 Å². The van der Waals surface area contributed by atoms with Crippen LogP contribution in [-0.4, -0.2) is 11.1 Å². The first-order valence-electron chi connectivity index (χ1n) is 8.64. The minimum atomic E-state index is -0.709. The molecule has 0 aliphatic carbocycles. The number of aliphatic carboxylic acids is 1. The van der Waals surface area contributed by atoms with E-state index in [4.69, 9.17) is 0 Å². The van der Waals surface area contributed by atoms with Crippen LogP contribution in [0.2, 0.25) is 0 Å². The van der Waals surface area contributed by atoms with Crippen molar-refractivity contribution in [1.82, 2.24) is 0 Å². The van der Waals surface area contributed by atoms with Crippen molar-refractivity contribution in [2.75, 3.05) is 0 Å². The van der Waals surface area contributed by atoms with Gasteiger partial charge in [0.15, 0.2) is 0 Å². The molecule has 1 unspecified atom stereocenters. The molecule has 22 heavy (non-hydrogen) atoms. The first-order chi connectivity index (χ1) is 9.73. The standard InChI is InChI=1S/C20H38O2/c1-10-17(3,4)13-12-14-19(7,8)20(9,11-2)15-18(5,6)16(21)22/h12,14H,10-11,13,15H2,1-9H3,(H,21,22). The van der Waals surface area contributed by atoms with Gasteiger partial charge in [0.05, 0.1) is 5.41 Å². The van der Waals surface area contributed by atoms with Gasteiger partial charge in [0.1, 0.15) is 0 Å². The summed E-state index contributed by atoms with van der Waals surface area (Å²) in [6.07, 6.45) is 8.49. The third-order valence-corrected chi connectivity index (χ3v) is 5.91. The topological polar surface area (TPSA) is 37.3 Å². The van der Waals surface area contributed by atoms with Gasteiger partial charge in [-0.1, -0.05) is 67.0 Å². The number of carbonyl (C=O) groups is 1. The normalized spacial score (nSPS) is 16.8. The van der Waals surface area contributed by atoms with Crippen LogP contribution in [0.15, 0.2) is 12.2 Å². The molecule has 1 atom stereocenters. The quantitative estimate of drug-likeness (QED) is 0.506. The summed E-state index contributed by atoms with van der Waals surface area (Å²) < 4.78 is 0. The number of hydrogen-bond acceptors (Lipinski definition) is 1. The maximum atomic E-state index is 11.5. The fourth-order valence-electron chi connectivity index (χ4n) is 2.88. The van der Waals surface area contributed by atoms with E-state index in [0.29, 0.717) is 11.8 Å². The summed E-state index contributed by atoms with van der Waals surface area (Å²) in [4.78, 5) is 11.5. The Morgan fingerprint density at radius 3 is 1.82 bits per heavy atom. The van der Waals surface area contributed by atoms with Crippen molar-refractivity contribution in [2.45, 2.75) is 88.0 Å². The number of carboxylic acids is 1. The Balaban J connectivity index is 5.26. The lowest BCUT2D eigenvalue weighted by molar-refractivity contribution is -0.149. The zero-order valence-corrected chi connectivity index (χ0v) is 16.3. The van der Waals surface area contributed by atoms with E-state index >= 15 is 0 Å². The predicted octanol–water partition coefficient (Wildman–Crippen LogP) is 6.31. The Morgan fingerprint density at radius 1 is 0.955 bits per heavy atom. The second kappa shape index (κ2) is 7.19. The summed E-state index contributed by atoms with van der Waals surface area (Å²) in [6, 6.07) is 0. The first kappa shape index (κ1) is 21.2. The molecule has 130 valence electrons. The average molecular weight is 311 g/mol. The van der Waals surface area contributed by atoms with Gasteiger partial charge in [0.25, 0.3) is 0 Å². The lowest BCUT2D eigenvalue weighted by Crippen LogP contribution is -2.40. The molecule has 0 heterocycles. The minimum absolute atomic E-state index is 0.0295. The highest BCUT2D eigenvalue weighted by atomic mass is 16.4. The number of hydrogen-bond donors (Lipinski definition) is 1. The molecular weight excluding hydrogens is 272 g/mol. The van der Waals surface area contributed by atoms with E-state index < -0.39 is 11.4 Å². The third-order valence-electron chi connectivity index (χ3n) is 5.91. The maximum Gasteiger partial charge on any atom is 0.309 e. The van der Waals surface area contributed by atoms with Gasteiger partial charge in [0, 0.05) is 0 Å². The molecule has 0 spiro atoms. The van der Waals surface area contributed by atoms with Crippen LogP contribution in [-0.2, 0) is 4.79 Å². The molecular formula is C20H38O2. The van der Waals surface area contributed by atoms with Crippen LogP contribution >= 0.6 is 0 Å². The lowest BCUT2D eigenvalue weighted by Gasteiger charge is -2.46. The van der Waals surface area contributed by atoms with Crippen molar-refractivity contribution in [1.29, 1.82) is 0 Å². The van der Waals surface area contributed by atoms with Gasteiger partial charge in [-0.2, -0.15) is 0 Å². The number of carboxylic acid groups (broad SMARTS) is 1. The molecule has 0 aromatic heterocycles. The van der Waals surface area contributed by atoms with Gasteiger partial charge in [-0.15, -0.1) is 0 Å². The molecule has 1 N–H and O–H groups in total.